The summed E-state index contributed by atoms with van der Waals surface area (Å²) in [6.45, 7) is 7.99. The molecule has 1 aromatic heterocycles. The summed E-state index contributed by atoms with van der Waals surface area (Å²) < 4.78 is 5.99. The van der Waals surface area contributed by atoms with Crippen LogP contribution in [0.5, 0.6) is 0 Å². The van der Waals surface area contributed by atoms with E-state index in [2.05, 4.69) is 21.7 Å². The van der Waals surface area contributed by atoms with Gasteiger partial charge in [-0.3, -0.25) is 9.69 Å². The average Bonchev–Trinajstić information content (AvgIpc) is 3.28. The van der Waals surface area contributed by atoms with Crippen molar-refractivity contribution >= 4 is 11.9 Å². The maximum Gasteiger partial charge on any atom is 0.240 e. The molecule has 3 saturated heterocycles. The van der Waals surface area contributed by atoms with E-state index >= 15 is 0 Å². The first-order chi connectivity index (χ1) is 13.3. The van der Waals surface area contributed by atoms with E-state index in [-0.39, 0.29) is 18.1 Å². The fourth-order valence-electron chi connectivity index (χ4n) is 4.50. The molecule has 7 heteroatoms. The second kappa shape index (κ2) is 8.52. The molecule has 0 unspecified atom stereocenters. The monoisotopic (exact) mass is 373 g/mol. The second-order valence-corrected chi connectivity index (χ2v) is 7.76. The Morgan fingerprint density at radius 2 is 2.00 bits per heavy atom. The third-order valence-electron chi connectivity index (χ3n) is 6.07. The van der Waals surface area contributed by atoms with Crippen molar-refractivity contribution in [2.75, 3.05) is 50.8 Å². The molecule has 148 valence electrons. The average molecular weight is 374 g/mol. The number of rotatable bonds is 4. The zero-order valence-electron chi connectivity index (χ0n) is 16.3. The molecule has 0 spiro atoms. The lowest BCUT2D eigenvalue weighted by molar-refractivity contribution is -0.146. The van der Waals surface area contributed by atoms with Crippen LogP contribution >= 0.6 is 0 Å². The first-order valence-corrected chi connectivity index (χ1v) is 10.5. The van der Waals surface area contributed by atoms with E-state index in [1.165, 1.54) is 19.3 Å². The molecule has 1 aromatic rings. The second-order valence-electron chi connectivity index (χ2n) is 7.76. The number of carbonyl (C=O) groups is 1. The molecule has 1 amide bonds. The van der Waals surface area contributed by atoms with Gasteiger partial charge in [0.2, 0.25) is 11.9 Å². The molecule has 4 heterocycles. The van der Waals surface area contributed by atoms with E-state index < -0.39 is 0 Å². The first kappa shape index (κ1) is 18.6. The number of nitrogens with zero attached hydrogens (tertiary/aromatic N) is 5. The van der Waals surface area contributed by atoms with Crippen LogP contribution in [-0.4, -0.2) is 77.6 Å². The van der Waals surface area contributed by atoms with Crippen molar-refractivity contribution in [1.29, 1.82) is 0 Å². The van der Waals surface area contributed by atoms with Crippen LogP contribution in [0.15, 0.2) is 12.3 Å². The highest BCUT2D eigenvalue weighted by Gasteiger charge is 2.34. The van der Waals surface area contributed by atoms with Crippen LogP contribution < -0.4 is 4.90 Å². The van der Waals surface area contributed by atoms with Crippen LogP contribution in [0.4, 0.5) is 5.95 Å². The molecule has 0 aromatic carbocycles. The Kier molecular flexibility index (Phi) is 5.88. The standard InChI is InChI=1S/C20H31N5O2/c1-2-23-10-4-3-7-17(23)19(26)25-13-14-27-18(15-25)16-8-9-21-20(22-16)24-11-5-6-12-24/h8-9,17-18H,2-7,10-15H2,1H3/t17-,18-/m0/s1. The van der Waals surface area contributed by atoms with Gasteiger partial charge >= 0.3 is 0 Å². The summed E-state index contributed by atoms with van der Waals surface area (Å²) in [4.78, 5) is 28.9. The molecule has 4 rings (SSSR count). The van der Waals surface area contributed by atoms with Gasteiger partial charge in [0.15, 0.2) is 0 Å². The summed E-state index contributed by atoms with van der Waals surface area (Å²) in [5.41, 5.74) is 0.889. The fraction of sp³-hybridized carbons (Fsp3) is 0.750. The number of amides is 1. The number of morpholine rings is 1. The van der Waals surface area contributed by atoms with Gasteiger partial charge in [-0.15, -0.1) is 0 Å². The summed E-state index contributed by atoms with van der Waals surface area (Å²) in [5, 5.41) is 0. The number of hydrogen-bond donors (Lipinski definition) is 0. The molecule has 0 saturated carbocycles. The molecule has 3 aliphatic heterocycles. The number of aromatic nitrogens is 2. The van der Waals surface area contributed by atoms with Crippen LogP contribution in [0, 0.1) is 0 Å². The van der Waals surface area contributed by atoms with Crippen molar-refractivity contribution in [1.82, 2.24) is 19.8 Å². The lowest BCUT2D eigenvalue weighted by Gasteiger charge is -2.40. The van der Waals surface area contributed by atoms with E-state index in [1.807, 2.05) is 17.2 Å². The SMILES string of the molecule is CCN1CCCC[C@H]1C(=O)N1CCO[C@H](c2ccnc(N3CCCC3)n2)C1. The van der Waals surface area contributed by atoms with E-state index in [0.717, 1.165) is 50.7 Å². The van der Waals surface area contributed by atoms with Crippen molar-refractivity contribution in [2.24, 2.45) is 0 Å². The Bertz CT molecular complexity index is 649. The van der Waals surface area contributed by atoms with E-state index in [1.54, 1.807) is 0 Å². The molecule has 7 nitrogen and oxygen atoms in total. The third-order valence-corrected chi connectivity index (χ3v) is 6.07. The largest absolute Gasteiger partial charge is 0.368 e. The fourth-order valence-corrected chi connectivity index (χ4v) is 4.50. The Morgan fingerprint density at radius 1 is 1.19 bits per heavy atom. The van der Waals surface area contributed by atoms with Gasteiger partial charge in [-0.1, -0.05) is 13.3 Å². The lowest BCUT2D eigenvalue weighted by Crippen LogP contribution is -2.53. The minimum atomic E-state index is -0.161. The number of carbonyl (C=O) groups excluding carboxylic acids is 1. The van der Waals surface area contributed by atoms with E-state index in [9.17, 15) is 4.79 Å². The normalized spacial score (nSPS) is 27.1. The van der Waals surface area contributed by atoms with Crippen molar-refractivity contribution in [3.05, 3.63) is 18.0 Å². The first-order valence-electron chi connectivity index (χ1n) is 10.5. The highest BCUT2D eigenvalue weighted by molar-refractivity contribution is 5.82. The highest BCUT2D eigenvalue weighted by Crippen LogP contribution is 2.25. The topological polar surface area (TPSA) is 61.8 Å². The Labute approximate surface area is 161 Å². The number of anilines is 1. The number of ether oxygens (including phenoxy) is 1. The Hall–Kier alpha value is -1.73. The maximum atomic E-state index is 13.2. The molecule has 2 atom stereocenters. The molecule has 27 heavy (non-hydrogen) atoms. The highest BCUT2D eigenvalue weighted by atomic mass is 16.5. The minimum Gasteiger partial charge on any atom is -0.368 e. The predicted molar refractivity (Wildman–Crippen MR) is 104 cm³/mol. The molecular weight excluding hydrogens is 342 g/mol. The van der Waals surface area contributed by atoms with Gasteiger partial charge in [0.25, 0.3) is 0 Å². The van der Waals surface area contributed by atoms with Gasteiger partial charge in [0, 0.05) is 25.8 Å². The Balaban J connectivity index is 1.45. The van der Waals surface area contributed by atoms with E-state index in [4.69, 9.17) is 9.72 Å². The summed E-state index contributed by atoms with van der Waals surface area (Å²) in [6, 6.07) is 1.96. The van der Waals surface area contributed by atoms with Gasteiger partial charge in [-0.2, -0.15) is 0 Å². The molecule has 0 N–H and O–H groups in total. The van der Waals surface area contributed by atoms with E-state index in [0.29, 0.717) is 19.7 Å². The van der Waals surface area contributed by atoms with Crippen molar-refractivity contribution in [2.45, 2.75) is 51.2 Å². The quantitative estimate of drug-likeness (QED) is 0.803. The summed E-state index contributed by atoms with van der Waals surface area (Å²) in [6.07, 6.45) is 7.37. The smallest absolute Gasteiger partial charge is 0.240 e. The van der Waals surface area contributed by atoms with Crippen LogP contribution in [0.25, 0.3) is 0 Å². The molecular formula is C20H31N5O2. The maximum absolute atomic E-state index is 13.2. The summed E-state index contributed by atoms with van der Waals surface area (Å²) in [7, 11) is 0. The van der Waals surface area contributed by atoms with Crippen LogP contribution in [-0.2, 0) is 9.53 Å². The molecule has 3 aliphatic rings. The van der Waals surface area contributed by atoms with Crippen LogP contribution in [0.2, 0.25) is 0 Å². The summed E-state index contributed by atoms with van der Waals surface area (Å²) >= 11 is 0. The van der Waals surface area contributed by atoms with Crippen molar-refractivity contribution < 1.29 is 9.53 Å². The zero-order chi connectivity index (χ0) is 18.6. The number of likely N-dealkylation sites (tertiary alicyclic amines) is 1. The Morgan fingerprint density at radius 3 is 2.81 bits per heavy atom. The zero-order valence-corrected chi connectivity index (χ0v) is 16.3. The molecule has 0 radical (unpaired) electrons. The van der Waals surface area contributed by atoms with Crippen LogP contribution in [0.1, 0.15) is 50.8 Å². The van der Waals surface area contributed by atoms with Crippen LogP contribution in [0.3, 0.4) is 0 Å². The van der Waals surface area contributed by atoms with Crippen molar-refractivity contribution in [3.63, 3.8) is 0 Å². The van der Waals surface area contributed by atoms with Gasteiger partial charge in [0.1, 0.15) is 6.10 Å². The minimum absolute atomic E-state index is 0.0352. The molecule has 3 fully saturated rings. The number of hydrogen-bond acceptors (Lipinski definition) is 6. The summed E-state index contributed by atoms with van der Waals surface area (Å²) in [5.74, 6) is 1.06. The molecule has 0 aliphatic carbocycles. The third kappa shape index (κ3) is 4.09. The lowest BCUT2D eigenvalue weighted by atomic mass is 10.0. The van der Waals surface area contributed by atoms with Crippen molar-refractivity contribution in [3.8, 4) is 0 Å². The van der Waals surface area contributed by atoms with Gasteiger partial charge in [-0.25, -0.2) is 9.97 Å². The predicted octanol–water partition coefficient (Wildman–Crippen LogP) is 1.85. The number of likely N-dealkylation sites (N-methyl/N-ethyl adjacent to an activating group) is 1. The van der Waals surface area contributed by atoms with Gasteiger partial charge in [0.05, 0.1) is 24.9 Å². The van der Waals surface area contributed by atoms with Gasteiger partial charge < -0.3 is 14.5 Å². The molecule has 0 bridgehead atoms. The number of piperidine rings is 1. The van der Waals surface area contributed by atoms with Gasteiger partial charge in [-0.05, 0) is 44.8 Å².